The van der Waals surface area contributed by atoms with E-state index in [1.165, 1.54) is 4.90 Å². The second kappa shape index (κ2) is 8.85. The molecule has 8 nitrogen and oxygen atoms in total. The third-order valence-electron chi connectivity index (χ3n) is 5.07. The van der Waals surface area contributed by atoms with Crippen molar-refractivity contribution in [2.24, 2.45) is 0 Å². The summed E-state index contributed by atoms with van der Waals surface area (Å²) in [4.78, 5) is 54.9. The Morgan fingerprint density at radius 1 is 0.846 bits per heavy atom. The summed E-state index contributed by atoms with van der Waals surface area (Å²) in [5.74, 6) is -2.53. The molecule has 3 aliphatic rings. The van der Waals surface area contributed by atoms with Crippen molar-refractivity contribution in [1.82, 2.24) is 14.7 Å². The first kappa shape index (κ1) is 19.2. The number of carbonyl (C=O) groups is 4. The first-order valence-corrected chi connectivity index (χ1v) is 10.2. The minimum atomic E-state index is -1.06. The van der Waals surface area contributed by atoms with Crippen LogP contribution >= 0.6 is 12.0 Å². The molecule has 0 N–H and O–H groups in total. The number of likely N-dealkylation sites (tertiary alicyclic amines) is 2. The SMILES string of the molecule is O=C(C(=O)N1C(=O)CSOCC1C(=O)N1CCCCC1)N1CCCCC1. The third kappa shape index (κ3) is 4.20. The quantitative estimate of drug-likeness (QED) is 0.482. The van der Waals surface area contributed by atoms with Gasteiger partial charge in [-0.15, -0.1) is 0 Å². The maximum absolute atomic E-state index is 12.9. The average Bonchev–Trinajstić information content (AvgIpc) is 2.89. The molecule has 1 unspecified atom stereocenters. The van der Waals surface area contributed by atoms with E-state index >= 15 is 0 Å². The third-order valence-corrected chi connectivity index (χ3v) is 5.74. The molecule has 0 aromatic rings. The van der Waals surface area contributed by atoms with E-state index in [2.05, 4.69) is 0 Å². The van der Waals surface area contributed by atoms with Gasteiger partial charge in [0.25, 0.3) is 0 Å². The van der Waals surface area contributed by atoms with Gasteiger partial charge in [0.1, 0.15) is 6.04 Å². The fourth-order valence-electron chi connectivity index (χ4n) is 3.62. The summed E-state index contributed by atoms with van der Waals surface area (Å²) in [6, 6.07) is -1.06. The highest BCUT2D eigenvalue weighted by Gasteiger charge is 2.42. The molecule has 26 heavy (non-hydrogen) atoms. The predicted molar refractivity (Wildman–Crippen MR) is 94.9 cm³/mol. The number of hydrogen-bond acceptors (Lipinski definition) is 6. The largest absolute Gasteiger partial charge is 0.341 e. The number of hydrogen-bond donors (Lipinski definition) is 0. The highest BCUT2D eigenvalue weighted by molar-refractivity contribution is 7.95. The van der Waals surface area contributed by atoms with Crippen LogP contribution in [0.25, 0.3) is 0 Å². The normalized spacial score (nSPS) is 25.0. The molecule has 0 bridgehead atoms. The van der Waals surface area contributed by atoms with Gasteiger partial charge in [-0.25, -0.2) is 0 Å². The molecule has 3 saturated heterocycles. The van der Waals surface area contributed by atoms with Gasteiger partial charge < -0.3 is 14.0 Å². The summed E-state index contributed by atoms with van der Waals surface area (Å²) in [6.07, 6.45) is 5.60. The van der Waals surface area contributed by atoms with Crippen LogP contribution in [0.1, 0.15) is 38.5 Å². The lowest BCUT2D eigenvalue weighted by atomic mass is 10.1. The molecule has 1 atom stereocenters. The highest BCUT2D eigenvalue weighted by Crippen LogP contribution is 2.20. The van der Waals surface area contributed by atoms with Crippen molar-refractivity contribution in [2.75, 3.05) is 38.5 Å². The smallest absolute Gasteiger partial charge is 0.319 e. The molecule has 9 heteroatoms. The summed E-state index contributed by atoms with van der Waals surface area (Å²) in [7, 11) is 0. The minimum Gasteiger partial charge on any atom is -0.341 e. The van der Waals surface area contributed by atoms with Crippen LogP contribution in [0.4, 0.5) is 0 Å². The van der Waals surface area contributed by atoms with Crippen molar-refractivity contribution in [3.8, 4) is 0 Å². The van der Waals surface area contributed by atoms with Crippen LogP contribution in [0.2, 0.25) is 0 Å². The van der Waals surface area contributed by atoms with Gasteiger partial charge in [0.2, 0.25) is 11.8 Å². The Morgan fingerprint density at radius 2 is 1.42 bits per heavy atom. The summed E-state index contributed by atoms with van der Waals surface area (Å²) in [5, 5.41) is 0. The lowest BCUT2D eigenvalue weighted by molar-refractivity contribution is -0.162. The van der Waals surface area contributed by atoms with Crippen LogP contribution in [0, 0.1) is 0 Å². The molecule has 0 aliphatic carbocycles. The molecular weight excluding hydrogens is 358 g/mol. The van der Waals surface area contributed by atoms with E-state index in [1.807, 2.05) is 0 Å². The molecule has 0 spiro atoms. The predicted octanol–water partition coefficient (Wildman–Crippen LogP) is 0.414. The van der Waals surface area contributed by atoms with Gasteiger partial charge in [-0.2, -0.15) is 0 Å². The van der Waals surface area contributed by atoms with Crippen molar-refractivity contribution in [3.63, 3.8) is 0 Å². The standard InChI is InChI=1S/C17H25N3O5S/c21-14-12-26-25-11-13(15(22)18-7-3-1-4-8-18)20(14)17(24)16(23)19-9-5-2-6-10-19/h13H,1-12H2. The van der Waals surface area contributed by atoms with E-state index in [0.29, 0.717) is 26.2 Å². The summed E-state index contributed by atoms with van der Waals surface area (Å²) >= 11 is 0.921. The van der Waals surface area contributed by atoms with Crippen molar-refractivity contribution >= 4 is 35.7 Å². The Kier molecular flexibility index (Phi) is 6.53. The zero-order valence-corrected chi connectivity index (χ0v) is 15.7. The van der Waals surface area contributed by atoms with Crippen LogP contribution in [-0.2, 0) is 23.4 Å². The molecule has 3 rings (SSSR count). The number of nitrogens with zero attached hydrogens (tertiary/aromatic N) is 3. The molecule has 3 aliphatic heterocycles. The Morgan fingerprint density at radius 3 is 2.04 bits per heavy atom. The molecule has 0 radical (unpaired) electrons. The van der Waals surface area contributed by atoms with Crippen LogP contribution in [-0.4, -0.2) is 82.9 Å². The summed E-state index contributed by atoms with van der Waals surface area (Å²) < 4.78 is 5.32. The average molecular weight is 383 g/mol. The molecule has 144 valence electrons. The Labute approximate surface area is 157 Å². The molecule has 0 saturated carbocycles. The van der Waals surface area contributed by atoms with Crippen LogP contribution in [0.5, 0.6) is 0 Å². The van der Waals surface area contributed by atoms with Gasteiger partial charge in [-0.05, 0) is 38.5 Å². The lowest BCUT2D eigenvalue weighted by Gasteiger charge is -2.34. The molecule has 3 fully saturated rings. The Balaban J connectivity index is 1.78. The fourth-order valence-corrected chi connectivity index (χ4v) is 4.17. The topological polar surface area (TPSA) is 87.2 Å². The van der Waals surface area contributed by atoms with E-state index in [9.17, 15) is 19.2 Å². The lowest BCUT2D eigenvalue weighted by Crippen LogP contribution is -2.59. The molecule has 0 aromatic carbocycles. The number of rotatable bonds is 1. The van der Waals surface area contributed by atoms with Gasteiger partial charge >= 0.3 is 11.8 Å². The number of carbonyl (C=O) groups excluding carboxylic acids is 4. The second-order valence-electron chi connectivity index (χ2n) is 6.87. The number of piperidine rings is 2. The molecule has 4 amide bonds. The van der Waals surface area contributed by atoms with Gasteiger partial charge in [-0.1, -0.05) is 0 Å². The van der Waals surface area contributed by atoms with Gasteiger partial charge in [-0.3, -0.25) is 24.1 Å². The fraction of sp³-hybridized carbons (Fsp3) is 0.765. The van der Waals surface area contributed by atoms with E-state index in [4.69, 9.17) is 4.18 Å². The van der Waals surface area contributed by atoms with E-state index < -0.39 is 23.8 Å². The van der Waals surface area contributed by atoms with Crippen molar-refractivity contribution in [1.29, 1.82) is 0 Å². The Hall–Kier alpha value is -1.61. The summed E-state index contributed by atoms with van der Waals surface area (Å²) in [5.41, 5.74) is 0. The first-order chi connectivity index (χ1) is 12.6. The maximum Gasteiger partial charge on any atom is 0.319 e. The van der Waals surface area contributed by atoms with Crippen LogP contribution < -0.4 is 0 Å². The monoisotopic (exact) mass is 383 g/mol. The zero-order chi connectivity index (χ0) is 18.5. The van der Waals surface area contributed by atoms with Crippen LogP contribution in [0.15, 0.2) is 0 Å². The zero-order valence-electron chi connectivity index (χ0n) is 14.9. The molecule has 3 heterocycles. The van der Waals surface area contributed by atoms with Gasteiger partial charge in [0, 0.05) is 38.2 Å². The van der Waals surface area contributed by atoms with Gasteiger partial charge in [0.05, 0.1) is 12.4 Å². The van der Waals surface area contributed by atoms with E-state index in [1.54, 1.807) is 4.90 Å². The minimum absolute atomic E-state index is 0.0786. The Bertz CT molecular complexity index is 573. The van der Waals surface area contributed by atoms with Gasteiger partial charge in [0.15, 0.2) is 0 Å². The second-order valence-corrected chi connectivity index (χ2v) is 7.63. The van der Waals surface area contributed by atoms with Crippen molar-refractivity contribution < 1.29 is 23.4 Å². The highest BCUT2D eigenvalue weighted by atomic mass is 32.2. The molecular formula is C17H25N3O5S. The van der Waals surface area contributed by atoms with Crippen LogP contribution in [0.3, 0.4) is 0 Å². The number of amides is 4. The maximum atomic E-state index is 12.9. The summed E-state index contributed by atoms with van der Waals surface area (Å²) in [6.45, 7) is 2.17. The number of imide groups is 1. The van der Waals surface area contributed by atoms with E-state index in [-0.39, 0.29) is 18.3 Å². The molecule has 0 aromatic heterocycles. The van der Waals surface area contributed by atoms with Crippen molar-refractivity contribution in [2.45, 2.75) is 44.6 Å². The first-order valence-electron chi connectivity index (χ1n) is 9.28. The van der Waals surface area contributed by atoms with E-state index in [0.717, 1.165) is 55.5 Å². The van der Waals surface area contributed by atoms with Crippen molar-refractivity contribution in [3.05, 3.63) is 0 Å².